The fraction of sp³-hybridized carbons (Fsp3) is 0.0769. The molecule has 1 heterocycles. The molecule has 0 bridgehead atoms. The molecule has 2 aromatic rings. The van der Waals surface area contributed by atoms with Gasteiger partial charge in [0, 0.05) is 11.8 Å². The van der Waals surface area contributed by atoms with Crippen molar-refractivity contribution in [1.82, 2.24) is 4.98 Å². The Hall–Kier alpha value is -1.94. The Balaban J connectivity index is 1.98. The summed E-state index contributed by atoms with van der Waals surface area (Å²) in [7, 11) is 0. The van der Waals surface area contributed by atoms with Crippen LogP contribution in [0.2, 0.25) is 5.15 Å². The number of rotatable bonds is 3. The highest BCUT2D eigenvalue weighted by molar-refractivity contribution is 6.29. The summed E-state index contributed by atoms with van der Waals surface area (Å²) in [4.78, 5) is 15.5. The van der Waals surface area contributed by atoms with Gasteiger partial charge in [-0.2, -0.15) is 0 Å². The summed E-state index contributed by atoms with van der Waals surface area (Å²) < 4.78 is 17.9. The predicted octanol–water partition coefficient (Wildman–Crippen LogP) is 3.23. The Morgan fingerprint density at radius 1 is 1.33 bits per heavy atom. The lowest BCUT2D eigenvalue weighted by atomic mass is 10.2. The lowest BCUT2D eigenvalue weighted by Gasteiger charge is -2.04. The van der Waals surface area contributed by atoms with E-state index in [1.165, 1.54) is 24.4 Å². The van der Waals surface area contributed by atoms with E-state index in [0.717, 1.165) is 6.07 Å². The maximum absolute atomic E-state index is 12.9. The van der Waals surface area contributed by atoms with Crippen LogP contribution in [0, 0.1) is 5.82 Å². The summed E-state index contributed by atoms with van der Waals surface area (Å²) in [6.07, 6.45) is 1.52. The summed E-state index contributed by atoms with van der Waals surface area (Å²) in [6.45, 7) is 0.0690. The second-order valence-electron chi connectivity index (χ2n) is 3.58. The number of halogens is 2. The molecule has 0 aliphatic heterocycles. The second-order valence-corrected chi connectivity index (χ2v) is 3.96. The zero-order valence-electron chi connectivity index (χ0n) is 9.27. The van der Waals surface area contributed by atoms with Crippen LogP contribution in [0.3, 0.4) is 0 Å². The fourth-order valence-electron chi connectivity index (χ4n) is 1.34. The van der Waals surface area contributed by atoms with Gasteiger partial charge in [0.2, 0.25) is 0 Å². The van der Waals surface area contributed by atoms with Crippen LogP contribution in [0.4, 0.5) is 4.39 Å². The van der Waals surface area contributed by atoms with Gasteiger partial charge in [0.05, 0.1) is 5.56 Å². The number of aromatic nitrogens is 1. The number of hydrogen-bond acceptors (Lipinski definition) is 3. The van der Waals surface area contributed by atoms with E-state index in [1.54, 1.807) is 12.1 Å². The van der Waals surface area contributed by atoms with E-state index in [9.17, 15) is 9.18 Å². The average Bonchev–Trinajstić information content (AvgIpc) is 2.38. The van der Waals surface area contributed by atoms with Gasteiger partial charge in [0.15, 0.2) is 0 Å². The van der Waals surface area contributed by atoms with Crippen molar-refractivity contribution >= 4 is 17.6 Å². The standard InChI is InChI=1S/C13H9ClFNO2/c14-12-5-4-9(7-16-12)8-18-13(17)10-2-1-3-11(15)6-10/h1-7H,8H2. The highest BCUT2D eigenvalue weighted by atomic mass is 35.5. The minimum Gasteiger partial charge on any atom is -0.457 e. The molecule has 0 spiro atoms. The van der Waals surface area contributed by atoms with Gasteiger partial charge >= 0.3 is 5.97 Å². The van der Waals surface area contributed by atoms with Crippen molar-refractivity contribution in [2.45, 2.75) is 6.61 Å². The Labute approximate surface area is 108 Å². The molecule has 0 fully saturated rings. The van der Waals surface area contributed by atoms with Crippen molar-refractivity contribution in [1.29, 1.82) is 0 Å². The van der Waals surface area contributed by atoms with Crippen molar-refractivity contribution in [2.75, 3.05) is 0 Å². The number of pyridine rings is 1. The minimum atomic E-state index is -0.579. The van der Waals surface area contributed by atoms with Crippen LogP contribution in [-0.4, -0.2) is 11.0 Å². The Kier molecular flexibility index (Phi) is 3.89. The molecule has 0 saturated heterocycles. The molecule has 92 valence electrons. The lowest BCUT2D eigenvalue weighted by Crippen LogP contribution is -2.05. The third kappa shape index (κ3) is 3.28. The molecular formula is C13H9ClFNO2. The molecule has 3 nitrogen and oxygen atoms in total. The molecule has 0 saturated carbocycles. The molecular weight excluding hydrogens is 257 g/mol. The second kappa shape index (κ2) is 5.60. The van der Waals surface area contributed by atoms with E-state index in [-0.39, 0.29) is 12.2 Å². The summed E-state index contributed by atoms with van der Waals surface area (Å²) in [5, 5.41) is 0.371. The molecule has 0 amide bonds. The molecule has 0 aliphatic rings. The molecule has 0 N–H and O–H groups in total. The van der Waals surface area contributed by atoms with Crippen molar-refractivity contribution in [3.8, 4) is 0 Å². The minimum absolute atomic E-state index is 0.0690. The summed E-state index contributed by atoms with van der Waals surface area (Å²) >= 11 is 5.63. The first-order valence-electron chi connectivity index (χ1n) is 5.18. The van der Waals surface area contributed by atoms with Gasteiger partial charge in [0.25, 0.3) is 0 Å². The summed E-state index contributed by atoms with van der Waals surface area (Å²) in [5.74, 6) is -1.05. The number of hydrogen-bond donors (Lipinski definition) is 0. The van der Waals surface area contributed by atoms with Crippen molar-refractivity contribution < 1.29 is 13.9 Å². The number of carbonyl (C=O) groups excluding carboxylic acids is 1. The van der Waals surface area contributed by atoms with E-state index in [1.807, 2.05) is 0 Å². The first kappa shape index (κ1) is 12.5. The van der Waals surface area contributed by atoms with Crippen LogP contribution < -0.4 is 0 Å². The number of benzene rings is 1. The maximum Gasteiger partial charge on any atom is 0.338 e. The molecule has 0 atom stereocenters. The monoisotopic (exact) mass is 265 g/mol. The topological polar surface area (TPSA) is 39.2 Å². The smallest absolute Gasteiger partial charge is 0.338 e. The average molecular weight is 266 g/mol. The normalized spacial score (nSPS) is 10.1. The van der Waals surface area contributed by atoms with E-state index < -0.39 is 11.8 Å². The first-order chi connectivity index (χ1) is 8.65. The van der Waals surface area contributed by atoms with Gasteiger partial charge in [-0.05, 0) is 24.3 Å². The van der Waals surface area contributed by atoms with Crippen LogP contribution in [-0.2, 0) is 11.3 Å². The predicted molar refractivity (Wildman–Crippen MR) is 64.8 cm³/mol. The summed E-state index contributed by atoms with van der Waals surface area (Å²) in [5.41, 5.74) is 0.890. The SMILES string of the molecule is O=C(OCc1ccc(Cl)nc1)c1cccc(F)c1. The van der Waals surface area contributed by atoms with Crippen LogP contribution in [0.1, 0.15) is 15.9 Å². The van der Waals surface area contributed by atoms with Gasteiger partial charge in [-0.3, -0.25) is 0 Å². The van der Waals surface area contributed by atoms with Crippen LogP contribution in [0.25, 0.3) is 0 Å². The lowest BCUT2D eigenvalue weighted by molar-refractivity contribution is 0.0472. The van der Waals surface area contributed by atoms with E-state index >= 15 is 0 Å². The van der Waals surface area contributed by atoms with Crippen LogP contribution in [0.15, 0.2) is 42.6 Å². The van der Waals surface area contributed by atoms with Crippen LogP contribution in [0.5, 0.6) is 0 Å². The van der Waals surface area contributed by atoms with Crippen LogP contribution >= 0.6 is 11.6 Å². The van der Waals surface area contributed by atoms with E-state index in [4.69, 9.17) is 16.3 Å². The number of carbonyl (C=O) groups is 1. The highest BCUT2D eigenvalue weighted by Crippen LogP contribution is 2.09. The summed E-state index contributed by atoms with van der Waals surface area (Å²) in [6, 6.07) is 8.64. The number of nitrogens with zero attached hydrogens (tertiary/aromatic N) is 1. The maximum atomic E-state index is 12.9. The first-order valence-corrected chi connectivity index (χ1v) is 5.56. The van der Waals surface area contributed by atoms with Gasteiger partial charge in [-0.1, -0.05) is 23.7 Å². The zero-order chi connectivity index (χ0) is 13.0. The molecule has 0 aliphatic carbocycles. The number of esters is 1. The zero-order valence-corrected chi connectivity index (χ0v) is 10.0. The van der Waals surface area contributed by atoms with Gasteiger partial charge in [0.1, 0.15) is 17.6 Å². The fourth-order valence-corrected chi connectivity index (χ4v) is 1.45. The van der Waals surface area contributed by atoms with Gasteiger partial charge < -0.3 is 4.74 Å². The Bertz CT molecular complexity index is 557. The molecule has 1 aromatic heterocycles. The third-order valence-electron chi connectivity index (χ3n) is 2.22. The van der Waals surface area contributed by atoms with Crippen molar-refractivity contribution in [3.05, 3.63) is 64.7 Å². The van der Waals surface area contributed by atoms with Gasteiger partial charge in [-0.15, -0.1) is 0 Å². The van der Waals surface area contributed by atoms with E-state index in [2.05, 4.69) is 4.98 Å². The number of ether oxygens (including phenoxy) is 1. The largest absolute Gasteiger partial charge is 0.457 e. The molecule has 2 rings (SSSR count). The van der Waals surface area contributed by atoms with Gasteiger partial charge in [-0.25, -0.2) is 14.2 Å². The Morgan fingerprint density at radius 3 is 2.83 bits per heavy atom. The van der Waals surface area contributed by atoms with E-state index in [0.29, 0.717) is 10.7 Å². The quantitative estimate of drug-likeness (QED) is 0.632. The molecule has 18 heavy (non-hydrogen) atoms. The van der Waals surface area contributed by atoms with Crippen molar-refractivity contribution in [3.63, 3.8) is 0 Å². The molecule has 1 aromatic carbocycles. The molecule has 5 heteroatoms. The third-order valence-corrected chi connectivity index (χ3v) is 2.44. The van der Waals surface area contributed by atoms with Crippen molar-refractivity contribution in [2.24, 2.45) is 0 Å². The Morgan fingerprint density at radius 2 is 2.17 bits per heavy atom. The molecule has 0 radical (unpaired) electrons. The molecule has 0 unspecified atom stereocenters. The highest BCUT2D eigenvalue weighted by Gasteiger charge is 2.08.